The molecular formula is C22H30N+. The summed E-state index contributed by atoms with van der Waals surface area (Å²) in [6, 6.07) is 9.55. The summed E-state index contributed by atoms with van der Waals surface area (Å²) in [7, 11) is 2.16. The van der Waals surface area contributed by atoms with Gasteiger partial charge < -0.3 is 0 Å². The maximum atomic E-state index is 2.47. The summed E-state index contributed by atoms with van der Waals surface area (Å²) >= 11 is 0. The number of aromatic nitrogens is 1. The van der Waals surface area contributed by atoms with Crippen LogP contribution >= 0.6 is 0 Å². The highest BCUT2D eigenvalue weighted by Gasteiger charge is 2.27. The van der Waals surface area contributed by atoms with E-state index in [-0.39, 0.29) is 0 Å². The SMILES string of the molecule is Cc1cc2c(cc1-c1cc(CC(C)C)cc[n+]1C)C(C)CC2C. The minimum Gasteiger partial charge on any atom is -0.201 e. The number of benzene rings is 1. The van der Waals surface area contributed by atoms with Gasteiger partial charge in [0.05, 0.1) is 0 Å². The van der Waals surface area contributed by atoms with Crippen molar-refractivity contribution < 1.29 is 4.57 Å². The van der Waals surface area contributed by atoms with E-state index in [1.54, 1.807) is 11.1 Å². The molecule has 0 spiro atoms. The Kier molecular flexibility index (Phi) is 4.31. The van der Waals surface area contributed by atoms with Gasteiger partial charge in [0.2, 0.25) is 5.69 Å². The van der Waals surface area contributed by atoms with Gasteiger partial charge in [-0.25, -0.2) is 4.57 Å². The summed E-state index contributed by atoms with van der Waals surface area (Å²) < 4.78 is 2.27. The molecule has 3 rings (SSSR count). The molecular weight excluding hydrogens is 278 g/mol. The van der Waals surface area contributed by atoms with Gasteiger partial charge in [-0.2, -0.15) is 0 Å². The summed E-state index contributed by atoms with van der Waals surface area (Å²) in [6.45, 7) is 11.6. The summed E-state index contributed by atoms with van der Waals surface area (Å²) in [6.07, 6.45) is 4.65. The van der Waals surface area contributed by atoms with Crippen LogP contribution in [-0.4, -0.2) is 0 Å². The second kappa shape index (κ2) is 6.11. The van der Waals surface area contributed by atoms with E-state index in [0.717, 1.165) is 6.42 Å². The Morgan fingerprint density at radius 2 is 1.74 bits per heavy atom. The zero-order valence-electron chi connectivity index (χ0n) is 15.5. The molecule has 1 aromatic heterocycles. The molecule has 2 atom stereocenters. The van der Waals surface area contributed by atoms with Crippen molar-refractivity contribution in [3.8, 4) is 11.3 Å². The predicted octanol–water partition coefficient (Wildman–Crippen LogP) is 5.30. The zero-order valence-corrected chi connectivity index (χ0v) is 15.5. The van der Waals surface area contributed by atoms with Crippen LogP contribution in [0.3, 0.4) is 0 Å². The first-order valence-corrected chi connectivity index (χ1v) is 9.00. The van der Waals surface area contributed by atoms with Gasteiger partial charge in [0.25, 0.3) is 0 Å². The second-order valence-electron chi connectivity index (χ2n) is 7.96. The number of nitrogens with zero attached hydrogens (tertiary/aromatic N) is 1. The molecule has 1 heteroatoms. The maximum absolute atomic E-state index is 2.47. The molecule has 0 bridgehead atoms. The molecule has 0 saturated carbocycles. The fourth-order valence-electron chi connectivity index (χ4n) is 4.14. The summed E-state index contributed by atoms with van der Waals surface area (Å²) in [5, 5.41) is 0. The third-order valence-electron chi connectivity index (χ3n) is 5.33. The monoisotopic (exact) mass is 308 g/mol. The van der Waals surface area contributed by atoms with Crippen LogP contribution < -0.4 is 4.57 Å². The van der Waals surface area contributed by atoms with E-state index in [1.165, 1.54) is 28.8 Å². The van der Waals surface area contributed by atoms with E-state index in [2.05, 4.69) is 76.7 Å². The Bertz CT molecular complexity index is 727. The Labute approximate surface area is 141 Å². The highest BCUT2D eigenvalue weighted by Crippen LogP contribution is 2.43. The van der Waals surface area contributed by atoms with Crippen LogP contribution in [-0.2, 0) is 13.5 Å². The van der Waals surface area contributed by atoms with Gasteiger partial charge in [-0.3, -0.25) is 0 Å². The van der Waals surface area contributed by atoms with Crippen molar-refractivity contribution in [2.75, 3.05) is 0 Å². The smallest absolute Gasteiger partial charge is 0.201 e. The number of hydrogen-bond acceptors (Lipinski definition) is 0. The fourth-order valence-corrected chi connectivity index (χ4v) is 4.14. The summed E-state index contributed by atoms with van der Waals surface area (Å²) in [5.41, 5.74) is 8.72. The van der Waals surface area contributed by atoms with Gasteiger partial charge in [-0.1, -0.05) is 33.8 Å². The third kappa shape index (κ3) is 3.06. The van der Waals surface area contributed by atoms with E-state index < -0.39 is 0 Å². The molecule has 1 aliphatic carbocycles. The molecule has 1 aromatic carbocycles. The van der Waals surface area contributed by atoms with E-state index in [4.69, 9.17) is 0 Å². The topological polar surface area (TPSA) is 3.88 Å². The van der Waals surface area contributed by atoms with Crippen LogP contribution in [0.5, 0.6) is 0 Å². The van der Waals surface area contributed by atoms with Crippen molar-refractivity contribution in [2.24, 2.45) is 13.0 Å². The van der Waals surface area contributed by atoms with Crippen molar-refractivity contribution in [3.63, 3.8) is 0 Å². The second-order valence-corrected chi connectivity index (χ2v) is 7.96. The Hall–Kier alpha value is -1.63. The minimum atomic E-state index is 0.684. The molecule has 0 fully saturated rings. The molecule has 0 saturated heterocycles. The van der Waals surface area contributed by atoms with E-state index >= 15 is 0 Å². The lowest BCUT2D eigenvalue weighted by Gasteiger charge is -2.12. The molecule has 1 nitrogen and oxygen atoms in total. The van der Waals surface area contributed by atoms with E-state index in [9.17, 15) is 0 Å². The first-order valence-electron chi connectivity index (χ1n) is 9.00. The van der Waals surface area contributed by atoms with Crippen molar-refractivity contribution in [2.45, 2.75) is 59.3 Å². The maximum Gasteiger partial charge on any atom is 0.212 e. The number of hydrogen-bond donors (Lipinski definition) is 0. The van der Waals surface area contributed by atoms with Gasteiger partial charge in [0, 0.05) is 17.7 Å². The number of pyridine rings is 1. The van der Waals surface area contributed by atoms with E-state index in [0.29, 0.717) is 17.8 Å². The lowest BCUT2D eigenvalue weighted by molar-refractivity contribution is -0.660. The van der Waals surface area contributed by atoms with Gasteiger partial charge in [0.1, 0.15) is 7.05 Å². The molecule has 1 heterocycles. The third-order valence-corrected chi connectivity index (χ3v) is 5.33. The van der Waals surface area contributed by atoms with Gasteiger partial charge in [-0.15, -0.1) is 0 Å². The van der Waals surface area contributed by atoms with Crippen molar-refractivity contribution in [1.29, 1.82) is 0 Å². The zero-order chi connectivity index (χ0) is 16.7. The summed E-state index contributed by atoms with van der Waals surface area (Å²) in [5.74, 6) is 2.08. The van der Waals surface area contributed by atoms with Crippen LogP contribution in [0.4, 0.5) is 0 Å². The Morgan fingerprint density at radius 3 is 2.39 bits per heavy atom. The van der Waals surface area contributed by atoms with Gasteiger partial charge in [-0.05, 0) is 65.8 Å². The molecule has 122 valence electrons. The fraction of sp³-hybridized carbons (Fsp3) is 0.500. The predicted molar refractivity (Wildman–Crippen MR) is 97.8 cm³/mol. The molecule has 1 aliphatic rings. The quantitative estimate of drug-likeness (QED) is 0.678. The van der Waals surface area contributed by atoms with Crippen molar-refractivity contribution in [3.05, 3.63) is 52.7 Å². The average Bonchev–Trinajstić information content (AvgIpc) is 2.74. The van der Waals surface area contributed by atoms with Crippen LogP contribution in [0, 0.1) is 12.8 Å². The molecule has 0 N–H and O–H groups in total. The van der Waals surface area contributed by atoms with Crippen molar-refractivity contribution in [1.82, 2.24) is 0 Å². The molecule has 0 radical (unpaired) electrons. The average molecular weight is 308 g/mol. The number of fused-ring (bicyclic) bond motifs is 1. The Morgan fingerprint density at radius 1 is 1.09 bits per heavy atom. The molecule has 0 amide bonds. The number of aryl methyl sites for hydroxylation is 2. The van der Waals surface area contributed by atoms with Crippen molar-refractivity contribution >= 4 is 0 Å². The first-order chi connectivity index (χ1) is 10.9. The lowest BCUT2D eigenvalue weighted by Crippen LogP contribution is -2.31. The standard InChI is InChI=1S/C22H30N/c1-14(2)9-18-7-8-23(6)22(12-18)21-13-20-16(4)10-15(3)19(20)11-17(21)5/h7-8,11-16H,9-10H2,1-6H3/q+1. The first kappa shape index (κ1) is 16.2. The van der Waals surface area contributed by atoms with Gasteiger partial charge >= 0.3 is 0 Å². The minimum absolute atomic E-state index is 0.684. The summed E-state index contributed by atoms with van der Waals surface area (Å²) in [4.78, 5) is 0. The van der Waals surface area contributed by atoms with Crippen LogP contribution in [0.25, 0.3) is 11.3 Å². The lowest BCUT2D eigenvalue weighted by atomic mass is 9.93. The highest BCUT2D eigenvalue weighted by atomic mass is 14.9. The normalized spacial score (nSPS) is 20.1. The number of rotatable bonds is 3. The van der Waals surface area contributed by atoms with Crippen LogP contribution in [0.15, 0.2) is 30.5 Å². The highest BCUT2D eigenvalue weighted by molar-refractivity contribution is 5.65. The largest absolute Gasteiger partial charge is 0.212 e. The Balaban J connectivity index is 2.10. The molecule has 0 aliphatic heterocycles. The molecule has 2 aromatic rings. The van der Waals surface area contributed by atoms with Crippen LogP contribution in [0.2, 0.25) is 0 Å². The van der Waals surface area contributed by atoms with Gasteiger partial charge in [0.15, 0.2) is 6.20 Å². The van der Waals surface area contributed by atoms with E-state index in [1.807, 2.05) is 0 Å². The molecule has 2 unspecified atom stereocenters. The molecule has 23 heavy (non-hydrogen) atoms. The van der Waals surface area contributed by atoms with Crippen LogP contribution in [0.1, 0.15) is 68.2 Å².